The van der Waals surface area contributed by atoms with Crippen LogP contribution in [0.1, 0.15) is 13.8 Å². The molecule has 2 unspecified atom stereocenters. The first-order valence-corrected chi connectivity index (χ1v) is 4.40. The van der Waals surface area contributed by atoms with Gasteiger partial charge >= 0.3 is 17.9 Å². The monoisotopic (exact) mass is 249 g/mol. The number of aliphatic carboxylic acids is 3. The summed E-state index contributed by atoms with van der Waals surface area (Å²) in [5.74, 6) is -3.63. The van der Waals surface area contributed by atoms with Gasteiger partial charge in [-0.25, -0.2) is 9.59 Å². The van der Waals surface area contributed by atoms with Crippen molar-refractivity contribution in [2.75, 3.05) is 0 Å². The van der Waals surface area contributed by atoms with Crippen LogP contribution in [-0.4, -0.2) is 50.5 Å². The fraction of sp³-hybridized carbons (Fsp3) is 0.444. The van der Waals surface area contributed by atoms with Crippen LogP contribution in [0.15, 0.2) is 11.6 Å². The highest BCUT2D eigenvalue weighted by atomic mass is 16.4. The van der Waals surface area contributed by atoms with Crippen LogP contribution in [0.25, 0.3) is 0 Å². The predicted molar refractivity (Wildman–Crippen MR) is 56.3 cm³/mol. The molecule has 8 heteroatoms. The van der Waals surface area contributed by atoms with Crippen LogP contribution in [0.5, 0.6) is 0 Å². The van der Waals surface area contributed by atoms with E-state index in [1.807, 2.05) is 0 Å². The molecule has 0 aliphatic carbocycles. The average molecular weight is 249 g/mol. The minimum atomic E-state index is -1.24. The van der Waals surface area contributed by atoms with Gasteiger partial charge in [-0.15, -0.1) is 0 Å². The largest absolute Gasteiger partial charge is 0.480 e. The Balaban J connectivity index is 0. The molecule has 0 saturated carbocycles. The summed E-state index contributed by atoms with van der Waals surface area (Å²) in [7, 11) is 0. The topological polar surface area (TPSA) is 158 Å². The predicted octanol–water partition coefficient (Wildman–Crippen LogP) is -1.12. The molecule has 17 heavy (non-hydrogen) atoms. The lowest BCUT2D eigenvalue weighted by Gasteiger charge is -2.06. The number of nitrogens with two attached hydrogens (primary N) is 1. The molecule has 0 bridgehead atoms. The van der Waals surface area contributed by atoms with Gasteiger partial charge < -0.3 is 26.2 Å². The van der Waals surface area contributed by atoms with Crippen LogP contribution >= 0.6 is 0 Å². The molecule has 0 aromatic rings. The summed E-state index contributed by atoms with van der Waals surface area (Å²) in [5.41, 5.74) is 4.73. The Morgan fingerprint density at radius 2 is 1.59 bits per heavy atom. The highest BCUT2D eigenvalue weighted by Crippen LogP contribution is 1.89. The third-order valence-corrected chi connectivity index (χ3v) is 1.48. The van der Waals surface area contributed by atoms with Crippen LogP contribution in [0.2, 0.25) is 0 Å². The van der Waals surface area contributed by atoms with Crippen molar-refractivity contribution >= 4 is 17.9 Å². The summed E-state index contributed by atoms with van der Waals surface area (Å²) in [6, 6.07) is -1.16. The molecule has 2 atom stereocenters. The fourth-order valence-corrected chi connectivity index (χ4v) is 0.453. The van der Waals surface area contributed by atoms with E-state index < -0.39 is 30.1 Å². The lowest BCUT2D eigenvalue weighted by atomic mass is 10.2. The lowest BCUT2D eigenvalue weighted by Crippen LogP contribution is -2.39. The molecule has 0 saturated heterocycles. The molecule has 98 valence electrons. The van der Waals surface area contributed by atoms with Crippen LogP contribution in [-0.2, 0) is 14.4 Å². The molecule has 0 fully saturated rings. The molecular weight excluding hydrogens is 234 g/mol. The number of carbonyl (C=O) groups is 3. The van der Waals surface area contributed by atoms with Crippen molar-refractivity contribution in [3.05, 3.63) is 11.6 Å². The highest BCUT2D eigenvalue weighted by Gasteiger charge is 2.16. The van der Waals surface area contributed by atoms with Gasteiger partial charge in [0, 0.05) is 11.6 Å². The smallest absolute Gasteiger partial charge is 0.331 e. The van der Waals surface area contributed by atoms with Gasteiger partial charge in [0.2, 0.25) is 0 Å². The Morgan fingerprint density at radius 3 is 1.65 bits per heavy atom. The van der Waals surface area contributed by atoms with Gasteiger partial charge in [-0.1, -0.05) is 0 Å². The lowest BCUT2D eigenvalue weighted by molar-refractivity contribution is -0.141. The zero-order chi connectivity index (χ0) is 14.2. The molecule has 0 heterocycles. The quantitative estimate of drug-likeness (QED) is 0.392. The second kappa shape index (κ2) is 8.25. The van der Waals surface area contributed by atoms with Gasteiger partial charge in [0.15, 0.2) is 0 Å². The van der Waals surface area contributed by atoms with Crippen LogP contribution in [0.3, 0.4) is 0 Å². The minimum Gasteiger partial charge on any atom is -0.480 e. The number of carboxylic acid groups (broad SMARTS) is 3. The van der Waals surface area contributed by atoms with E-state index in [0.717, 1.165) is 0 Å². The second-order valence-electron chi connectivity index (χ2n) is 3.08. The van der Waals surface area contributed by atoms with Gasteiger partial charge in [-0.3, -0.25) is 4.79 Å². The summed E-state index contributed by atoms with van der Waals surface area (Å²) >= 11 is 0. The number of aliphatic hydroxyl groups is 1. The summed E-state index contributed by atoms with van der Waals surface area (Å²) in [6.45, 7) is 2.55. The van der Waals surface area contributed by atoms with E-state index in [9.17, 15) is 14.4 Å². The van der Waals surface area contributed by atoms with Gasteiger partial charge in [-0.05, 0) is 13.8 Å². The molecule has 8 nitrogen and oxygen atoms in total. The van der Waals surface area contributed by atoms with E-state index in [-0.39, 0.29) is 5.57 Å². The Bertz CT molecular complexity index is 321. The zero-order valence-corrected chi connectivity index (χ0v) is 9.32. The fourth-order valence-electron chi connectivity index (χ4n) is 0.453. The minimum absolute atomic E-state index is 0.178. The van der Waals surface area contributed by atoms with E-state index in [1.165, 1.54) is 13.8 Å². The van der Waals surface area contributed by atoms with Gasteiger partial charge in [0.1, 0.15) is 6.04 Å². The van der Waals surface area contributed by atoms with E-state index >= 15 is 0 Å². The summed E-state index contributed by atoms with van der Waals surface area (Å²) in [6.07, 6.45) is -0.338. The Kier molecular flexibility index (Phi) is 8.47. The first-order valence-electron chi connectivity index (χ1n) is 4.40. The molecule has 0 aromatic carbocycles. The molecule has 0 aliphatic rings. The summed E-state index contributed by atoms with van der Waals surface area (Å²) < 4.78 is 0. The molecule has 0 rings (SSSR count). The first-order chi connectivity index (χ1) is 7.59. The number of aliphatic hydroxyl groups excluding tert-OH is 1. The molecule has 0 radical (unpaired) electrons. The molecule has 0 aliphatic heterocycles. The van der Waals surface area contributed by atoms with Crippen LogP contribution in [0.4, 0.5) is 0 Å². The van der Waals surface area contributed by atoms with Crippen molar-refractivity contribution in [2.45, 2.75) is 26.0 Å². The summed E-state index contributed by atoms with van der Waals surface area (Å²) in [5, 5.41) is 32.6. The third kappa shape index (κ3) is 10.4. The van der Waals surface area contributed by atoms with E-state index in [0.29, 0.717) is 6.08 Å². The van der Waals surface area contributed by atoms with Crippen LogP contribution < -0.4 is 5.73 Å². The van der Waals surface area contributed by atoms with Crippen molar-refractivity contribution in [1.82, 2.24) is 0 Å². The van der Waals surface area contributed by atoms with Crippen molar-refractivity contribution in [3.63, 3.8) is 0 Å². The molecule has 0 spiro atoms. The van der Waals surface area contributed by atoms with Gasteiger partial charge in [0.05, 0.1) is 6.10 Å². The standard InChI is InChI=1S/C5H6O4.C4H9NO3/c1-3(5(8)9)2-4(6)7;1-2(6)3(5)4(7)8/h2H,1H3,(H,6,7)(H,8,9);2-3,6H,5H2,1H3,(H,7,8)/b3-2+;. The maximum atomic E-state index is 9.90. The van der Waals surface area contributed by atoms with E-state index in [1.54, 1.807) is 0 Å². The normalized spacial score (nSPS) is 14.0. The number of hydrogen-bond donors (Lipinski definition) is 5. The van der Waals surface area contributed by atoms with Gasteiger partial charge in [0.25, 0.3) is 0 Å². The number of rotatable bonds is 4. The Morgan fingerprint density at radius 1 is 1.18 bits per heavy atom. The summed E-state index contributed by atoms with van der Waals surface area (Å²) in [4.78, 5) is 29.5. The van der Waals surface area contributed by atoms with Crippen molar-refractivity contribution in [1.29, 1.82) is 0 Å². The van der Waals surface area contributed by atoms with Crippen LogP contribution in [0, 0.1) is 0 Å². The number of carboxylic acids is 3. The van der Waals surface area contributed by atoms with Gasteiger partial charge in [-0.2, -0.15) is 0 Å². The Labute approximate surface area is 97.0 Å². The molecule has 0 aromatic heterocycles. The molecule has 6 N–H and O–H groups in total. The van der Waals surface area contributed by atoms with Crippen molar-refractivity contribution < 1.29 is 34.8 Å². The SMILES string of the molecule is C/C(=C\C(=O)O)C(=O)O.CC(O)C(N)C(=O)O. The molecule has 0 amide bonds. The third-order valence-electron chi connectivity index (χ3n) is 1.48. The first kappa shape index (κ1) is 17.5. The zero-order valence-electron chi connectivity index (χ0n) is 9.32. The van der Waals surface area contributed by atoms with Crippen molar-refractivity contribution in [2.24, 2.45) is 5.73 Å². The van der Waals surface area contributed by atoms with E-state index in [2.05, 4.69) is 0 Å². The van der Waals surface area contributed by atoms with E-state index in [4.69, 9.17) is 26.2 Å². The molecular formula is C9H15NO7. The Hall–Kier alpha value is -1.93. The highest BCUT2D eigenvalue weighted by molar-refractivity contribution is 5.93. The maximum Gasteiger partial charge on any atom is 0.331 e. The maximum absolute atomic E-state index is 9.90. The second-order valence-corrected chi connectivity index (χ2v) is 3.08. The average Bonchev–Trinajstić information content (AvgIpc) is 2.15. The number of hydrogen-bond acceptors (Lipinski definition) is 5. The van der Waals surface area contributed by atoms with Crippen molar-refractivity contribution in [3.8, 4) is 0 Å².